The van der Waals surface area contributed by atoms with E-state index in [0.717, 1.165) is 25.3 Å². The topological polar surface area (TPSA) is 38.0 Å². The Morgan fingerprint density at radius 3 is 2.28 bits per heavy atom. The lowest BCUT2D eigenvalue weighted by Gasteiger charge is -2.22. The fourth-order valence-corrected chi connectivity index (χ4v) is 2.19. The molecule has 0 spiro atoms. The van der Waals surface area contributed by atoms with Crippen molar-refractivity contribution in [3.8, 4) is 0 Å². The van der Waals surface area contributed by atoms with Crippen molar-refractivity contribution in [2.45, 2.75) is 46.1 Å². The van der Waals surface area contributed by atoms with E-state index in [9.17, 15) is 8.78 Å². The van der Waals surface area contributed by atoms with Crippen LogP contribution in [0, 0.1) is 24.5 Å². The van der Waals surface area contributed by atoms with E-state index >= 15 is 0 Å². The molecule has 2 nitrogen and oxygen atoms in total. The number of hydrogen-bond acceptors (Lipinski definition) is 2. The first-order valence-corrected chi connectivity index (χ1v) is 6.45. The lowest BCUT2D eigenvalue weighted by atomic mass is 9.90. The zero-order valence-electron chi connectivity index (χ0n) is 11.3. The summed E-state index contributed by atoms with van der Waals surface area (Å²) in [7, 11) is 0. The van der Waals surface area contributed by atoms with E-state index in [4.69, 9.17) is 5.84 Å². The van der Waals surface area contributed by atoms with Crippen LogP contribution < -0.4 is 11.3 Å². The monoisotopic (exact) mass is 256 g/mol. The fourth-order valence-electron chi connectivity index (χ4n) is 2.19. The first-order valence-electron chi connectivity index (χ1n) is 6.45. The van der Waals surface area contributed by atoms with Crippen LogP contribution in [0.25, 0.3) is 0 Å². The van der Waals surface area contributed by atoms with Gasteiger partial charge in [0.2, 0.25) is 0 Å². The second-order valence-electron chi connectivity index (χ2n) is 4.76. The van der Waals surface area contributed by atoms with Crippen LogP contribution in [0.5, 0.6) is 0 Å². The van der Waals surface area contributed by atoms with Crippen LogP contribution in [-0.4, -0.2) is 0 Å². The molecule has 0 amide bonds. The number of nitrogens with one attached hydrogen (secondary N) is 1. The van der Waals surface area contributed by atoms with Gasteiger partial charge in [-0.05, 0) is 30.9 Å². The van der Waals surface area contributed by atoms with Gasteiger partial charge in [-0.3, -0.25) is 11.3 Å². The molecule has 0 aliphatic rings. The lowest BCUT2D eigenvalue weighted by Crippen LogP contribution is -2.30. The van der Waals surface area contributed by atoms with Crippen LogP contribution >= 0.6 is 0 Å². The molecule has 1 unspecified atom stereocenters. The van der Waals surface area contributed by atoms with Crippen LogP contribution in [-0.2, 0) is 0 Å². The molecule has 1 rings (SSSR count). The maximum absolute atomic E-state index is 13.8. The van der Waals surface area contributed by atoms with Crippen molar-refractivity contribution in [3.63, 3.8) is 0 Å². The molecule has 18 heavy (non-hydrogen) atoms. The Morgan fingerprint density at radius 1 is 1.17 bits per heavy atom. The van der Waals surface area contributed by atoms with Crippen LogP contribution in [0.2, 0.25) is 0 Å². The molecule has 0 aromatic heterocycles. The van der Waals surface area contributed by atoms with E-state index in [2.05, 4.69) is 19.3 Å². The smallest absolute Gasteiger partial charge is 0.130 e. The summed E-state index contributed by atoms with van der Waals surface area (Å²) >= 11 is 0. The van der Waals surface area contributed by atoms with E-state index in [0.29, 0.717) is 17.0 Å². The van der Waals surface area contributed by atoms with Crippen LogP contribution in [0.15, 0.2) is 12.1 Å². The van der Waals surface area contributed by atoms with E-state index in [-0.39, 0.29) is 6.04 Å². The molecule has 0 saturated heterocycles. The number of hydrazine groups is 1. The average Bonchev–Trinajstić information content (AvgIpc) is 2.36. The molecule has 4 heteroatoms. The molecule has 0 aliphatic carbocycles. The van der Waals surface area contributed by atoms with Crippen LogP contribution in [0.4, 0.5) is 8.78 Å². The van der Waals surface area contributed by atoms with Gasteiger partial charge in [0, 0.05) is 17.7 Å². The van der Waals surface area contributed by atoms with Gasteiger partial charge in [0.25, 0.3) is 0 Å². The Labute approximate surface area is 108 Å². The summed E-state index contributed by atoms with van der Waals surface area (Å²) < 4.78 is 27.0. The third-order valence-electron chi connectivity index (χ3n) is 3.58. The predicted octanol–water partition coefficient (Wildman–Crippen LogP) is 3.60. The van der Waals surface area contributed by atoms with Crippen LogP contribution in [0.1, 0.15) is 50.3 Å². The number of halogens is 2. The molecule has 0 bridgehead atoms. The highest BCUT2D eigenvalue weighted by molar-refractivity contribution is 5.28. The summed E-state index contributed by atoms with van der Waals surface area (Å²) in [5, 5.41) is 0. The summed E-state index contributed by atoms with van der Waals surface area (Å²) in [6, 6.07) is 2.20. The van der Waals surface area contributed by atoms with Gasteiger partial charge in [-0.15, -0.1) is 0 Å². The molecule has 1 aromatic rings. The molecule has 1 atom stereocenters. The highest BCUT2D eigenvalue weighted by Crippen LogP contribution is 2.27. The SMILES string of the molecule is CCC(CC)CC(NN)c1cc(C)c(F)cc1F. The van der Waals surface area contributed by atoms with Gasteiger partial charge in [0.05, 0.1) is 0 Å². The van der Waals surface area contributed by atoms with Crippen molar-refractivity contribution in [1.82, 2.24) is 5.43 Å². The van der Waals surface area contributed by atoms with Crippen molar-refractivity contribution >= 4 is 0 Å². The zero-order chi connectivity index (χ0) is 13.7. The zero-order valence-corrected chi connectivity index (χ0v) is 11.3. The Morgan fingerprint density at radius 2 is 1.78 bits per heavy atom. The molecular formula is C14H22F2N2. The average molecular weight is 256 g/mol. The molecule has 0 fully saturated rings. The summed E-state index contributed by atoms with van der Waals surface area (Å²) in [6.45, 7) is 5.84. The van der Waals surface area contributed by atoms with E-state index < -0.39 is 11.6 Å². The summed E-state index contributed by atoms with van der Waals surface area (Å²) in [5.74, 6) is 4.94. The standard InChI is InChI=1S/C14H22F2N2/c1-4-10(5-2)7-14(18-17)11-6-9(3)12(15)8-13(11)16/h6,8,10,14,18H,4-5,7,17H2,1-3H3. The first-order chi connectivity index (χ1) is 8.53. The minimum atomic E-state index is -0.535. The van der Waals surface area contributed by atoms with Gasteiger partial charge < -0.3 is 0 Å². The highest BCUT2D eigenvalue weighted by atomic mass is 19.1. The quantitative estimate of drug-likeness (QED) is 0.603. The van der Waals surface area contributed by atoms with E-state index in [1.165, 1.54) is 6.07 Å². The molecule has 0 saturated carbocycles. The Bertz CT molecular complexity index is 390. The second-order valence-corrected chi connectivity index (χ2v) is 4.76. The fraction of sp³-hybridized carbons (Fsp3) is 0.571. The Balaban J connectivity index is 2.98. The van der Waals surface area contributed by atoms with Crippen molar-refractivity contribution in [2.24, 2.45) is 11.8 Å². The summed E-state index contributed by atoms with van der Waals surface area (Å²) in [5.41, 5.74) is 3.53. The molecule has 0 heterocycles. The number of rotatable bonds is 6. The largest absolute Gasteiger partial charge is 0.271 e. The first kappa shape index (κ1) is 15.1. The van der Waals surface area contributed by atoms with E-state index in [1.807, 2.05) is 0 Å². The number of aryl methyl sites for hydroxylation is 1. The maximum Gasteiger partial charge on any atom is 0.130 e. The summed E-state index contributed by atoms with van der Waals surface area (Å²) in [6.07, 6.45) is 2.80. The van der Waals surface area contributed by atoms with Crippen molar-refractivity contribution in [3.05, 3.63) is 34.9 Å². The molecule has 1 aromatic carbocycles. The lowest BCUT2D eigenvalue weighted by molar-refractivity contribution is 0.366. The third-order valence-corrected chi connectivity index (χ3v) is 3.58. The maximum atomic E-state index is 13.8. The minimum Gasteiger partial charge on any atom is -0.271 e. The second kappa shape index (κ2) is 6.81. The predicted molar refractivity (Wildman–Crippen MR) is 69.8 cm³/mol. The van der Waals surface area contributed by atoms with Crippen molar-refractivity contribution in [2.75, 3.05) is 0 Å². The Hall–Kier alpha value is -1.00. The Kier molecular flexibility index (Phi) is 5.69. The molecule has 0 radical (unpaired) electrons. The molecule has 0 aliphatic heterocycles. The molecule has 3 N–H and O–H groups in total. The number of hydrogen-bond donors (Lipinski definition) is 2. The van der Waals surface area contributed by atoms with Crippen molar-refractivity contribution in [1.29, 1.82) is 0 Å². The molecular weight excluding hydrogens is 234 g/mol. The van der Waals surface area contributed by atoms with E-state index in [1.54, 1.807) is 6.92 Å². The number of nitrogens with two attached hydrogens (primary N) is 1. The summed E-state index contributed by atoms with van der Waals surface area (Å²) in [4.78, 5) is 0. The van der Waals surface area contributed by atoms with Crippen molar-refractivity contribution < 1.29 is 8.78 Å². The number of benzene rings is 1. The highest BCUT2D eigenvalue weighted by Gasteiger charge is 2.19. The third kappa shape index (κ3) is 3.50. The van der Waals surface area contributed by atoms with Gasteiger partial charge in [0.1, 0.15) is 11.6 Å². The van der Waals surface area contributed by atoms with Gasteiger partial charge in [0.15, 0.2) is 0 Å². The van der Waals surface area contributed by atoms with Gasteiger partial charge in [-0.2, -0.15) is 0 Å². The molecule has 102 valence electrons. The minimum absolute atomic E-state index is 0.269. The van der Waals surface area contributed by atoms with Gasteiger partial charge >= 0.3 is 0 Å². The normalized spacial score (nSPS) is 13.1. The van der Waals surface area contributed by atoms with Crippen LogP contribution in [0.3, 0.4) is 0 Å². The van der Waals surface area contributed by atoms with Gasteiger partial charge in [-0.1, -0.05) is 26.7 Å². The van der Waals surface area contributed by atoms with Gasteiger partial charge in [-0.25, -0.2) is 8.78 Å².